The zero-order valence-electron chi connectivity index (χ0n) is 19.0. The highest BCUT2D eigenvalue weighted by molar-refractivity contribution is 5.72. The molecule has 162 valence electrons. The lowest BCUT2D eigenvalue weighted by atomic mass is 9.96. The second-order valence-electron chi connectivity index (χ2n) is 8.39. The quantitative estimate of drug-likeness (QED) is 0.147. The van der Waals surface area contributed by atoms with Crippen molar-refractivity contribution in [2.24, 2.45) is 5.92 Å². The third-order valence-corrected chi connectivity index (χ3v) is 5.62. The summed E-state index contributed by atoms with van der Waals surface area (Å²) < 4.78 is 5.57. The summed E-state index contributed by atoms with van der Waals surface area (Å²) in [6, 6.07) is 0. The topological polar surface area (TPSA) is 26.3 Å². The summed E-state index contributed by atoms with van der Waals surface area (Å²) in [5.74, 6) is 0.213. The molecule has 0 aliphatic heterocycles. The Labute approximate surface area is 171 Å². The third-order valence-electron chi connectivity index (χ3n) is 5.62. The molecule has 0 saturated heterocycles. The Morgan fingerprint density at radius 1 is 0.556 bits per heavy atom. The van der Waals surface area contributed by atoms with Crippen LogP contribution in [0.15, 0.2) is 0 Å². The summed E-state index contributed by atoms with van der Waals surface area (Å²) in [7, 11) is 0. The number of esters is 1. The monoisotopic (exact) mass is 382 g/mol. The molecule has 27 heavy (non-hydrogen) atoms. The van der Waals surface area contributed by atoms with Crippen LogP contribution in [0.2, 0.25) is 0 Å². The van der Waals surface area contributed by atoms with E-state index in [4.69, 9.17) is 4.74 Å². The van der Waals surface area contributed by atoms with Crippen LogP contribution in [0, 0.1) is 5.92 Å². The fraction of sp³-hybridized carbons (Fsp3) is 0.960. The molecule has 2 heteroatoms. The Morgan fingerprint density at radius 2 is 1.00 bits per heavy atom. The fourth-order valence-electron chi connectivity index (χ4n) is 3.78. The van der Waals surface area contributed by atoms with Gasteiger partial charge in [-0.25, -0.2) is 0 Å². The number of unbranched alkanes of at least 4 members (excludes halogenated alkanes) is 14. The SMILES string of the molecule is CCCCCCCCCCCCC(CCC)C(=O)OCCCCCCCC. The minimum absolute atomic E-state index is 0.0707. The van der Waals surface area contributed by atoms with E-state index in [1.165, 1.54) is 96.3 Å². The summed E-state index contributed by atoms with van der Waals surface area (Å²) >= 11 is 0. The Kier molecular flexibility index (Phi) is 21.3. The zero-order valence-corrected chi connectivity index (χ0v) is 19.0. The van der Waals surface area contributed by atoms with Crippen molar-refractivity contribution in [1.29, 1.82) is 0 Å². The number of hydrogen-bond acceptors (Lipinski definition) is 2. The summed E-state index contributed by atoms with van der Waals surface area (Å²) in [6.45, 7) is 7.32. The van der Waals surface area contributed by atoms with Crippen LogP contribution in [0.25, 0.3) is 0 Å². The molecule has 0 spiro atoms. The van der Waals surface area contributed by atoms with Crippen LogP contribution in [0.1, 0.15) is 143 Å². The van der Waals surface area contributed by atoms with Gasteiger partial charge in [-0.1, -0.05) is 124 Å². The van der Waals surface area contributed by atoms with Gasteiger partial charge >= 0.3 is 5.97 Å². The predicted octanol–water partition coefficient (Wildman–Crippen LogP) is 8.62. The Hall–Kier alpha value is -0.530. The van der Waals surface area contributed by atoms with Gasteiger partial charge in [0.2, 0.25) is 0 Å². The van der Waals surface area contributed by atoms with Crippen LogP contribution < -0.4 is 0 Å². The largest absolute Gasteiger partial charge is 0.465 e. The highest BCUT2D eigenvalue weighted by Crippen LogP contribution is 2.19. The van der Waals surface area contributed by atoms with Crippen molar-refractivity contribution >= 4 is 5.97 Å². The lowest BCUT2D eigenvalue weighted by Crippen LogP contribution is -2.18. The van der Waals surface area contributed by atoms with Gasteiger partial charge in [0.15, 0.2) is 0 Å². The number of hydrogen-bond donors (Lipinski definition) is 0. The Balaban J connectivity index is 3.63. The van der Waals surface area contributed by atoms with Gasteiger partial charge < -0.3 is 4.74 Å². The van der Waals surface area contributed by atoms with Crippen molar-refractivity contribution in [3.8, 4) is 0 Å². The molecule has 0 bridgehead atoms. The van der Waals surface area contributed by atoms with Crippen LogP contribution in [0.4, 0.5) is 0 Å². The fourth-order valence-corrected chi connectivity index (χ4v) is 3.78. The van der Waals surface area contributed by atoms with Gasteiger partial charge in [0, 0.05) is 0 Å². The summed E-state index contributed by atoms with van der Waals surface area (Å²) in [4.78, 5) is 12.3. The van der Waals surface area contributed by atoms with Crippen molar-refractivity contribution in [2.45, 2.75) is 143 Å². The van der Waals surface area contributed by atoms with Crippen LogP contribution in [-0.2, 0) is 9.53 Å². The minimum atomic E-state index is 0.0707. The molecule has 0 aromatic heterocycles. The van der Waals surface area contributed by atoms with Crippen molar-refractivity contribution in [1.82, 2.24) is 0 Å². The highest BCUT2D eigenvalue weighted by Gasteiger charge is 2.18. The van der Waals surface area contributed by atoms with Crippen molar-refractivity contribution < 1.29 is 9.53 Å². The van der Waals surface area contributed by atoms with E-state index in [9.17, 15) is 4.79 Å². The van der Waals surface area contributed by atoms with E-state index < -0.39 is 0 Å². The van der Waals surface area contributed by atoms with Crippen molar-refractivity contribution in [2.75, 3.05) is 6.61 Å². The smallest absolute Gasteiger partial charge is 0.308 e. The van der Waals surface area contributed by atoms with Crippen molar-refractivity contribution in [3.05, 3.63) is 0 Å². The van der Waals surface area contributed by atoms with E-state index in [1.54, 1.807) is 0 Å². The molecule has 0 N–H and O–H groups in total. The molecular weight excluding hydrogens is 332 g/mol. The number of ether oxygens (including phenoxy) is 1. The van der Waals surface area contributed by atoms with Crippen LogP contribution >= 0.6 is 0 Å². The standard InChI is InChI=1S/C25H50O2/c1-4-7-9-11-13-14-15-16-17-19-22-24(21-6-3)25(26)27-23-20-18-12-10-8-5-2/h24H,4-23H2,1-3H3. The maximum absolute atomic E-state index is 12.3. The molecule has 2 nitrogen and oxygen atoms in total. The van der Waals surface area contributed by atoms with Crippen LogP contribution in [0.3, 0.4) is 0 Å². The van der Waals surface area contributed by atoms with Gasteiger partial charge in [-0.2, -0.15) is 0 Å². The van der Waals surface area contributed by atoms with E-state index in [2.05, 4.69) is 20.8 Å². The Bertz CT molecular complexity index is 301. The molecule has 0 aliphatic carbocycles. The molecule has 1 unspecified atom stereocenters. The van der Waals surface area contributed by atoms with Crippen LogP contribution in [-0.4, -0.2) is 12.6 Å². The molecule has 1 atom stereocenters. The van der Waals surface area contributed by atoms with Gasteiger partial charge in [0.25, 0.3) is 0 Å². The first kappa shape index (κ1) is 26.5. The lowest BCUT2D eigenvalue weighted by molar-refractivity contribution is -0.149. The molecule has 0 aromatic carbocycles. The number of rotatable bonds is 21. The normalized spacial score (nSPS) is 12.3. The van der Waals surface area contributed by atoms with Crippen molar-refractivity contribution in [3.63, 3.8) is 0 Å². The first-order valence-electron chi connectivity index (χ1n) is 12.4. The van der Waals surface area contributed by atoms with Gasteiger partial charge in [-0.15, -0.1) is 0 Å². The third kappa shape index (κ3) is 18.6. The van der Waals surface area contributed by atoms with Gasteiger partial charge in [-0.05, 0) is 19.3 Å². The van der Waals surface area contributed by atoms with E-state index in [1.807, 2.05) is 0 Å². The van der Waals surface area contributed by atoms with E-state index in [0.29, 0.717) is 6.61 Å². The summed E-state index contributed by atoms with van der Waals surface area (Å²) in [6.07, 6.45) is 24.1. The Morgan fingerprint density at radius 3 is 1.48 bits per heavy atom. The van der Waals surface area contributed by atoms with E-state index >= 15 is 0 Å². The summed E-state index contributed by atoms with van der Waals surface area (Å²) in [5.41, 5.74) is 0. The number of carbonyl (C=O) groups excluding carboxylic acids is 1. The first-order valence-corrected chi connectivity index (χ1v) is 12.4. The maximum Gasteiger partial charge on any atom is 0.308 e. The maximum atomic E-state index is 12.3. The van der Waals surface area contributed by atoms with E-state index in [-0.39, 0.29) is 11.9 Å². The van der Waals surface area contributed by atoms with Crippen LogP contribution in [0.5, 0.6) is 0 Å². The molecule has 0 amide bonds. The molecule has 0 radical (unpaired) electrons. The molecule has 0 heterocycles. The second-order valence-corrected chi connectivity index (χ2v) is 8.39. The average molecular weight is 383 g/mol. The summed E-state index contributed by atoms with van der Waals surface area (Å²) in [5, 5.41) is 0. The zero-order chi connectivity index (χ0) is 20.0. The van der Waals surface area contributed by atoms with E-state index in [0.717, 1.165) is 25.7 Å². The molecular formula is C25H50O2. The minimum Gasteiger partial charge on any atom is -0.465 e. The second kappa shape index (κ2) is 21.8. The predicted molar refractivity (Wildman–Crippen MR) is 119 cm³/mol. The van der Waals surface area contributed by atoms with Gasteiger partial charge in [0.1, 0.15) is 0 Å². The highest BCUT2D eigenvalue weighted by atomic mass is 16.5. The number of carbonyl (C=O) groups is 1. The molecule has 0 aliphatic rings. The first-order chi connectivity index (χ1) is 13.3. The molecule has 0 aromatic rings. The molecule has 0 fully saturated rings. The van der Waals surface area contributed by atoms with Gasteiger partial charge in [0.05, 0.1) is 12.5 Å². The lowest BCUT2D eigenvalue weighted by Gasteiger charge is -2.15. The average Bonchev–Trinajstić information content (AvgIpc) is 2.67. The molecule has 0 saturated carbocycles. The molecule has 0 rings (SSSR count). The van der Waals surface area contributed by atoms with Gasteiger partial charge in [-0.3, -0.25) is 4.79 Å².